The second kappa shape index (κ2) is 6.69. The zero-order chi connectivity index (χ0) is 17.2. The highest BCUT2D eigenvalue weighted by molar-refractivity contribution is 5.84. The summed E-state index contributed by atoms with van der Waals surface area (Å²) >= 11 is 0. The fraction of sp³-hybridized carbons (Fsp3) is 0.300. The maximum absolute atomic E-state index is 6.02. The van der Waals surface area contributed by atoms with Gasteiger partial charge < -0.3 is 14.4 Å². The van der Waals surface area contributed by atoms with Crippen LogP contribution >= 0.6 is 0 Å². The molecule has 3 aromatic rings. The number of anilines is 1. The van der Waals surface area contributed by atoms with Crippen LogP contribution in [0.5, 0.6) is 5.75 Å². The van der Waals surface area contributed by atoms with Crippen molar-refractivity contribution in [1.29, 1.82) is 0 Å². The van der Waals surface area contributed by atoms with Crippen molar-refractivity contribution in [1.82, 2.24) is 9.97 Å². The largest absolute Gasteiger partial charge is 0.497 e. The van der Waals surface area contributed by atoms with Crippen molar-refractivity contribution in [3.8, 4) is 5.75 Å². The molecule has 5 heteroatoms. The number of benzene rings is 2. The first-order chi connectivity index (χ1) is 12.2. The Kier molecular flexibility index (Phi) is 4.24. The van der Waals surface area contributed by atoms with E-state index >= 15 is 0 Å². The summed E-state index contributed by atoms with van der Waals surface area (Å²) in [6.07, 6.45) is 1.83. The molecule has 1 aliphatic heterocycles. The van der Waals surface area contributed by atoms with Gasteiger partial charge in [0.2, 0.25) is 5.95 Å². The first kappa shape index (κ1) is 15.8. The Morgan fingerprint density at radius 3 is 2.80 bits per heavy atom. The second-order valence-corrected chi connectivity index (χ2v) is 6.28. The molecule has 1 saturated heterocycles. The third-order valence-corrected chi connectivity index (χ3v) is 4.57. The van der Waals surface area contributed by atoms with Crippen LogP contribution in [-0.4, -0.2) is 36.8 Å². The smallest absolute Gasteiger partial charge is 0.225 e. The summed E-state index contributed by atoms with van der Waals surface area (Å²) in [6, 6.07) is 14.5. The highest BCUT2D eigenvalue weighted by Crippen LogP contribution is 2.28. The number of aromatic nitrogens is 2. The molecule has 25 heavy (non-hydrogen) atoms. The molecule has 0 spiro atoms. The molecule has 1 fully saturated rings. The van der Waals surface area contributed by atoms with E-state index in [0.29, 0.717) is 6.61 Å². The van der Waals surface area contributed by atoms with Crippen molar-refractivity contribution in [3.63, 3.8) is 0 Å². The molecule has 0 bridgehead atoms. The average molecular weight is 335 g/mol. The maximum atomic E-state index is 6.02. The highest BCUT2D eigenvalue weighted by atomic mass is 16.5. The van der Waals surface area contributed by atoms with E-state index in [-0.39, 0.29) is 6.10 Å². The third kappa shape index (κ3) is 3.28. The van der Waals surface area contributed by atoms with E-state index in [1.54, 1.807) is 7.11 Å². The predicted octanol–water partition coefficient (Wildman–Crippen LogP) is 3.52. The number of fused-ring (bicyclic) bond motifs is 1. The summed E-state index contributed by atoms with van der Waals surface area (Å²) in [6.45, 7) is 4.22. The summed E-state index contributed by atoms with van der Waals surface area (Å²) in [5.41, 5.74) is 2.16. The average Bonchev–Trinajstić information content (AvgIpc) is 2.67. The molecule has 1 aliphatic rings. The molecular weight excluding hydrogens is 314 g/mol. The standard InChI is InChI=1S/C20H21N3O2/c1-14-7-8-21-20(22-14)23-9-10-25-19(13-23)17-4-3-16-12-18(24-2)6-5-15(16)11-17/h3-8,11-12,19H,9-10,13H2,1-2H3/t19-/m0/s1. The molecular formula is C20H21N3O2. The van der Waals surface area contributed by atoms with Crippen molar-refractivity contribution in [2.45, 2.75) is 13.0 Å². The van der Waals surface area contributed by atoms with Crippen LogP contribution in [0.3, 0.4) is 0 Å². The molecule has 0 unspecified atom stereocenters. The van der Waals surface area contributed by atoms with Crippen LogP contribution in [0.2, 0.25) is 0 Å². The van der Waals surface area contributed by atoms with Gasteiger partial charge in [-0.15, -0.1) is 0 Å². The lowest BCUT2D eigenvalue weighted by atomic mass is 10.0. The van der Waals surface area contributed by atoms with Crippen LogP contribution in [0.1, 0.15) is 17.4 Å². The van der Waals surface area contributed by atoms with Gasteiger partial charge in [-0.05, 0) is 47.5 Å². The molecule has 0 radical (unpaired) electrons. The molecule has 1 atom stereocenters. The van der Waals surface area contributed by atoms with E-state index in [0.717, 1.165) is 35.9 Å². The van der Waals surface area contributed by atoms with Gasteiger partial charge in [0.15, 0.2) is 0 Å². The SMILES string of the molecule is COc1ccc2cc([C@@H]3CN(c4nccc(C)n4)CCO3)ccc2c1. The van der Waals surface area contributed by atoms with Crippen molar-refractivity contribution in [2.75, 3.05) is 31.7 Å². The lowest BCUT2D eigenvalue weighted by molar-refractivity contribution is 0.0393. The van der Waals surface area contributed by atoms with Gasteiger partial charge >= 0.3 is 0 Å². The van der Waals surface area contributed by atoms with Crippen molar-refractivity contribution in [3.05, 3.63) is 59.9 Å². The third-order valence-electron chi connectivity index (χ3n) is 4.57. The Balaban J connectivity index is 1.59. The van der Waals surface area contributed by atoms with E-state index < -0.39 is 0 Å². The van der Waals surface area contributed by atoms with Crippen molar-refractivity contribution in [2.24, 2.45) is 0 Å². The molecule has 2 aromatic carbocycles. The molecule has 0 N–H and O–H groups in total. The number of rotatable bonds is 3. The monoisotopic (exact) mass is 335 g/mol. The van der Waals surface area contributed by atoms with Gasteiger partial charge in [-0.2, -0.15) is 0 Å². The fourth-order valence-corrected chi connectivity index (χ4v) is 3.19. The fourth-order valence-electron chi connectivity index (χ4n) is 3.19. The lowest BCUT2D eigenvalue weighted by Gasteiger charge is -2.33. The second-order valence-electron chi connectivity index (χ2n) is 6.28. The quantitative estimate of drug-likeness (QED) is 0.733. The Hall–Kier alpha value is -2.66. The number of morpholine rings is 1. The van der Waals surface area contributed by atoms with Crippen LogP contribution in [0.4, 0.5) is 5.95 Å². The zero-order valence-corrected chi connectivity index (χ0v) is 14.5. The first-order valence-corrected chi connectivity index (χ1v) is 8.47. The zero-order valence-electron chi connectivity index (χ0n) is 14.5. The summed E-state index contributed by atoms with van der Waals surface area (Å²) < 4.78 is 11.3. The first-order valence-electron chi connectivity index (χ1n) is 8.47. The van der Waals surface area contributed by atoms with Gasteiger partial charge in [0, 0.05) is 18.4 Å². The minimum absolute atomic E-state index is 0.0179. The Bertz CT molecular complexity index is 897. The summed E-state index contributed by atoms with van der Waals surface area (Å²) in [7, 11) is 1.69. The van der Waals surface area contributed by atoms with Crippen molar-refractivity contribution < 1.29 is 9.47 Å². The van der Waals surface area contributed by atoms with Crippen LogP contribution in [0.25, 0.3) is 10.8 Å². The van der Waals surface area contributed by atoms with E-state index in [2.05, 4.69) is 39.1 Å². The Morgan fingerprint density at radius 1 is 1.12 bits per heavy atom. The van der Waals surface area contributed by atoms with Gasteiger partial charge in [0.1, 0.15) is 11.9 Å². The molecule has 0 saturated carbocycles. The Labute approximate surface area is 147 Å². The highest BCUT2D eigenvalue weighted by Gasteiger charge is 2.24. The van der Waals surface area contributed by atoms with E-state index in [1.165, 1.54) is 10.9 Å². The van der Waals surface area contributed by atoms with Crippen LogP contribution in [0, 0.1) is 6.92 Å². The van der Waals surface area contributed by atoms with Gasteiger partial charge in [-0.3, -0.25) is 0 Å². The molecule has 0 aliphatic carbocycles. The predicted molar refractivity (Wildman–Crippen MR) is 98.2 cm³/mol. The number of hydrogen-bond acceptors (Lipinski definition) is 5. The van der Waals surface area contributed by atoms with E-state index in [4.69, 9.17) is 9.47 Å². The summed E-state index contributed by atoms with van der Waals surface area (Å²) in [5.74, 6) is 1.65. The molecule has 2 heterocycles. The van der Waals surface area contributed by atoms with Crippen LogP contribution in [0.15, 0.2) is 48.7 Å². The van der Waals surface area contributed by atoms with Gasteiger partial charge in [-0.25, -0.2) is 9.97 Å². The Morgan fingerprint density at radius 2 is 1.96 bits per heavy atom. The number of aryl methyl sites for hydroxylation is 1. The number of nitrogens with zero attached hydrogens (tertiary/aromatic N) is 3. The van der Waals surface area contributed by atoms with Gasteiger partial charge in [0.05, 0.1) is 20.3 Å². The molecule has 128 valence electrons. The van der Waals surface area contributed by atoms with E-state index in [1.807, 2.05) is 31.3 Å². The lowest BCUT2D eigenvalue weighted by Crippen LogP contribution is -2.39. The van der Waals surface area contributed by atoms with Crippen molar-refractivity contribution >= 4 is 16.7 Å². The van der Waals surface area contributed by atoms with Gasteiger partial charge in [-0.1, -0.05) is 18.2 Å². The topological polar surface area (TPSA) is 47.5 Å². The van der Waals surface area contributed by atoms with Crippen LogP contribution < -0.4 is 9.64 Å². The van der Waals surface area contributed by atoms with Crippen LogP contribution in [-0.2, 0) is 4.74 Å². The summed E-state index contributed by atoms with van der Waals surface area (Å²) in [4.78, 5) is 11.1. The number of methoxy groups -OCH3 is 1. The molecule has 5 nitrogen and oxygen atoms in total. The number of hydrogen-bond donors (Lipinski definition) is 0. The molecule has 4 rings (SSSR count). The van der Waals surface area contributed by atoms with E-state index in [9.17, 15) is 0 Å². The summed E-state index contributed by atoms with van der Waals surface area (Å²) in [5, 5.41) is 2.35. The molecule has 0 amide bonds. The minimum Gasteiger partial charge on any atom is -0.497 e. The normalized spacial score (nSPS) is 17.7. The van der Waals surface area contributed by atoms with Gasteiger partial charge in [0.25, 0.3) is 0 Å². The number of ether oxygens (including phenoxy) is 2. The maximum Gasteiger partial charge on any atom is 0.225 e. The molecule has 1 aromatic heterocycles. The minimum atomic E-state index is 0.0179.